The van der Waals surface area contributed by atoms with Crippen molar-refractivity contribution in [1.29, 1.82) is 0 Å². The van der Waals surface area contributed by atoms with Crippen molar-refractivity contribution in [3.05, 3.63) is 72.8 Å². The van der Waals surface area contributed by atoms with Crippen LogP contribution in [0.4, 0.5) is 8.78 Å². The molecule has 0 aliphatic rings. The predicted octanol–water partition coefficient (Wildman–Crippen LogP) is 1.70. The van der Waals surface area contributed by atoms with Crippen molar-refractivity contribution in [3.8, 4) is 0 Å². The van der Waals surface area contributed by atoms with E-state index in [9.17, 15) is 8.78 Å². The van der Waals surface area contributed by atoms with Crippen LogP contribution in [-0.4, -0.2) is 32.4 Å². The van der Waals surface area contributed by atoms with E-state index < -0.39 is 17.6 Å². The predicted molar refractivity (Wildman–Crippen MR) is 97.2 cm³/mol. The number of hydrogen-bond acceptors (Lipinski definition) is 2. The third-order valence-electron chi connectivity index (χ3n) is 4.56. The zero-order chi connectivity index (χ0) is 17.1. The minimum atomic E-state index is -1.47. The van der Waals surface area contributed by atoms with Crippen molar-refractivity contribution in [2.24, 2.45) is 0 Å². The van der Waals surface area contributed by atoms with Crippen LogP contribution in [0, 0.1) is 11.6 Å². The molecule has 2 atom stereocenters. The minimum Gasteiger partial charge on any atom is -0.256 e. The van der Waals surface area contributed by atoms with Gasteiger partial charge in [0.15, 0.2) is 0 Å². The van der Waals surface area contributed by atoms with E-state index in [2.05, 4.69) is 23.2 Å². The first kappa shape index (κ1) is 16.7. The molecule has 2 aromatic carbocycles. The molecule has 1 heterocycles. The number of hydrogen-bond donors (Lipinski definition) is 0. The van der Waals surface area contributed by atoms with Crippen LogP contribution in [-0.2, 0) is 0 Å². The normalized spacial score (nSPS) is 15.0. The van der Waals surface area contributed by atoms with Crippen molar-refractivity contribution < 1.29 is 8.78 Å². The van der Waals surface area contributed by atoms with Gasteiger partial charge in [0.25, 0.3) is 0 Å². The molecule has 3 rings (SSSR count). The zero-order valence-corrected chi connectivity index (χ0v) is 15.9. The van der Waals surface area contributed by atoms with Crippen LogP contribution in [0.25, 0.3) is 0 Å². The second-order valence-electron chi connectivity index (χ2n) is 6.05. The number of halogens is 2. The SMILES string of the molecule is C[SiH](c1ccc(F)cc1)C(n1cncn1)[SiH](C)c1ccc(F)cc1. The highest BCUT2D eigenvalue weighted by Crippen LogP contribution is 2.15. The van der Waals surface area contributed by atoms with Gasteiger partial charge in [-0.2, -0.15) is 5.10 Å². The van der Waals surface area contributed by atoms with Crippen LogP contribution < -0.4 is 10.4 Å². The van der Waals surface area contributed by atoms with Gasteiger partial charge in [0.05, 0.1) is 17.6 Å². The fraction of sp³-hybridized carbons (Fsp3) is 0.176. The second-order valence-corrected chi connectivity index (χ2v) is 12.7. The quantitative estimate of drug-likeness (QED) is 0.649. The van der Waals surface area contributed by atoms with E-state index in [0.29, 0.717) is 0 Å². The summed E-state index contributed by atoms with van der Waals surface area (Å²) >= 11 is 0. The molecule has 7 heteroatoms. The molecule has 3 nitrogen and oxygen atoms in total. The second kappa shape index (κ2) is 7.19. The Morgan fingerprint density at radius 2 is 1.29 bits per heavy atom. The average molecular weight is 360 g/mol. The van der Waals surface area contributed by atoms with Crippen LogP contribution >= 0.6 is 0 Å². The molecule has 24 heavy (non-hydrogen) atoms. The zero-order valence-electron chi connectivity index (χ0n) is 13.6. The summed E-state index contributed by atoms with van der Waals surface area (Å²) in [4.78, 5) is 4.10. The lowest BCUT2D eigenvalue weighted by molar-refractivity contribution is 0.628. The summed E-state index contributed by atoms with van der Waals surface area (Å²) in [5, 5.41) is 7.01. The lowest BCUT2D eigenvalue weighted by atomic mass is 10.3. The Kier molecular flexibility index (Phi) is 5.01. The molecule has 0 amide bonds. The Balaban J connectivity index is 1.97. The molecular formula is C17H19F2N3Si2. The summed E-state index contributed by atoms with van der Waals surface area (Å²) in [6, 6.07) is 13.6. The Hall–Kier alpha value is -2.13. The van der Waals surface area contributed by atoms with Gasteiger partial charge < -0.3 is 0 Å². The summed E-state index contributed by atoms with van der Waals surface area (Å²) in [6.07, 6.45) is 3.30. The topological polar surface area (TPSA) is 30.7 Å². The summed E-state index contributed by atoms with van der Waals surface area (Å²) < 4.78 is 28.4. The van der Waals surface area contributed by atoms with E-state index in [1.165, 1.54) is 34.6 Å². The van der Waals surface area contributed by atoms with Crippen LogP contribution in [0.2, 0.25) is 13.1 Å². The van der Waals surface area contributed by atoms with Crippen molar-refractivity contribution in [2.45, 2.75) is 18.4 Å². The molecule has 2 unspecified atom stereocenters. The third kappa shape index (κ3) is 3.52. The molecule has 1 aromatic heterocycles. The molecule has 0 radical (unpaired) electrons. The van der Waals surface area contributed by atoms with Gasteiger partial charge in [-0.25, -0.2) is 13.8 Å². The summed E-state index contributed by atoms with van der Waals surface area (Å²) in [5.74, 6) is -0.442. The third-order valence-corrected chi connectivity index (χ3v) is 13.6. The fourth-order valence-corrected chi connectivity index (χ4v) is 11.6. The average Bonchev–Trinajstić information content (AvgIpc) is 3.10. The van der Waals surface area contributed by atoms with Crippen molar-refractivity contribution >= 4 is 28.0 Å². The highest BCUT2D eigenvalue weighted by molar-refractivity contribution is 6.90. The highest BCUT2D eigenvalue weighted by atomic mass is 28.3. The van der Waals surface area contributed by atoms with Crippen molar-refractivity contribution in [1.82, 2.24) is 14.8 Å². The molecule has 124 valence electrons. The Morgan fingerprint density at radius 1 is 0.833 bits per heavy atom. The van der Waals surface area contributed by atoms with Crippen LogP contribution in [0.5, 0.6) is 0 Å². The fourth-order valence-electron chi connectivity index (χ4n) is 3.19. The summed E-state index contributed by atoms with van der Waals surface area (Å²) in [6.45, 7) is 4.51. The lowest BCUT2D eigenvalue weighted by Gasteiger charge is -2.28. The van der Waals surface area contributed by atoms with Crippen molar-refractivity contribution in [3.63, 3.8) is 0 Å². The first-order valence-electron chi connectivity index (χ1n) is 7.91. The van der Waals surface area contributed by atoms with Crippen LogP contribution in [0.3, 0.4) is 0 Å². The van der Waals surface area contributed by atoms with Gasteiger partial charge in [0, 0.05) is 5.29 Å². The molecule has 0 fully saturated rings. The Morgan fingerprint density at radius 3 is 1.67 bits per heavy atom. The van der Waals surface area contributed by atoms with Gasteiger partial charge in [-0.05, 0) is 24.3 Å². The Bertz CT molecular complexity index is 725. The summed E-state index contributed by atoms with van der Waals surface area (Å²) in [7, 11) is -2.93. The van der Waals surface area contributed by atoms with Gasteiger partial charge in [-0.15, -0.1) is 0 Å². The van der Waals surface area contributed by atoms with E-state index in [1.807, 2.05) is 28.9 Å². The molecular weight excluding hydrogens is 340 g/mol. The van der Waals surface area contributed by atoms with Crippen molar-refractivity contribution in [2.75, 3.05) is 0 Å². The first-order chi connectivity index (χ1) is 11.6. The number of nitrogens with zero attached hydrogens (tertiary/aromatic N) is 3. The lowest BCUT2D eigenvalue weighted by Crippen LogP contribution is -2.49. The first-order valence-corrected chi connectivity index (χ1v) is 12.7. The largest absolute Gasteiger partial charge is 0.256 e. The molecule has 0 aliphatic carbocycles. The summed E-state index contributed by atoms with van der Waals surface area (Å²) in [5.41, 5.74) is 0. The van der Waals surface area contributed by atoms with E-state index in [0.717, 1.165) is 0 Å². The molecule has 0 spiro atoms. The molecule has 3 aromatic rings. The van der Waals surface area contributed by atoms with Crippen LogP contribution in [0.1, 0.15) is 5.29 Å². The van der Waals surface area contributed by atoms with E-state index in [-0.39, 0.29) is 16.9 Å². The molecule has 0 bridgehead atoms. The smallest absolute Gasteiger partial charge is 0.137 e. The van der Waals surface area contributed by atoms with Crippen LogP contribution in [0.15, 0.2) is 61.2 Å². The highest BCUT2D eigenvalue weighted by Gasteiger charge is 2.30. The maximum Gasteiger partial charge on any atom is 0.137 e. The van der Waals surface area contributed by atoms with E-state index in [4.69, 9.17) is 0 Å². The maximum absolute atomic E-state index is 13.2. The minimum absolute atomic E-state index is 0.221. The van der Waals surface area contributed by atoms with Gasteiger partial charge in [0.2, 0.25) is 0 Å². The van der Waals surface area contributed by atoms with Gasteiger partial charge in [-0.1, -0.05) is 47.7 Å². The Labute approximate surface area is 143 Å². The number of aromatic nitrogens is 3. The maximum atomic E-state index is 13.2. The van der Waals surface area contributed by atoms with E-state index >= 15 is 0 Å². The molecule has 0 saturated heterocycles. The van der Waals surface area contributed by atoms with E-state index in [1.54, 1.807) is 12.7 Å². The molecule has 0 N–H and O–H groups in total. The molecule has 0 saturated carbocycles. The number of benzene rings is 2. The number of rotatable bonds is 5. The van der Waals surface area contributed by atoms with Gasteiger partial charge >= 0.3 is 0 Å². The molecule has 0 aliphatic heterocycles. The standard InChI is InChI=1S/C17H19F2N3Si2/c1-23(15-7-3-13(18)4-8-15)17(22-12-20-11-21-22)24(2)16-9-5-14(19)6-10-16/h3-12,17,23-24H,1-2H3. The van der Waals surface area contributed by atoms with Gasteiger partial charge in [0.1, 0.15) is 24.3 Å². The van der Waals surface area contributed by atoms with Gasteiger partial charge in [-0.3, -0.25) is 4.68 Å². The monoisotopic (exact) mass is 359 g/mol.